The van der Waals surface area contributed by atoms with E-state index in [9.17, 15) is 9.59 Å². The first-order valence-electron chi connectivity index (χ1n) is 11.7. The van der Waals surface area contributed by atoms with Crippen LogP contribution in [0.25, 0.3) is 17.0 Å². The molecule has 0 fully saturated rings. The van der Waals surface area contributed by atoms with Gasteiger partial charge < -0.3 is 14.0 Å². The van der Waals surface area contributed by atoms with Crippen LogP contribution in [0.3, 0.4) is 0 Å². The molecule has 0 radical (unpaired) electrons. The third kappa shape index (κ3) is 4.26. The molecule has 0 spiro atoms. The lowest BCUT2D eigenvalue weighted by molar-refractivity contribution is 0.0734. The van der Waals surface area contributed by atoms with Crippen LogP contribution in [0.2, 0.25) is 0 Å². The standard InChI is InChI=1S/C30H27NO4/c1-5-31-18-20(23-8-6-7-9-25(23)31)16-27-28(32)24-15-14-22(17-26(24)35-27)34-29(33)19-10-12-21(13-11-19)30(2,3)4/h6-18H,5H2,1-4H3/b27-16+. The molecule has 0 aliphatic carbocycles. The van der Waals surface area contributed by atoms with E-state index in [1.165, 1.54) is 0 Å². The van der Waals surface area contributed by atoms with Crippen LogP contribution in [-0.2, 0) is 12.0 Å². The van der Waals surface area contributed by atoms with Crippen molar-refractivity contribution in [2.45, 2.75) is 39.7 Å². The van der Waals surface area contributed by atoms with E-state index in [0.29, 0.717) is 22.6 Å². The highest BCUT2D eigenvalue weighted by molar-refractivity contribution is 6.15. The molecular weight excluding hydrogens is 438 g/mol. The fraction of sp³-hybridized carbons (Fsp3) is 0.200. The van der Waals surface area contributed by atoms with Gasteiger partial charge in [0.25, 0.3) is 0 Å². The number of allylic oxidation sites excluding steroid dienone is 1. The number of para-hydroxylation sites is 1. The van der Waals surface area contributed by atoms with Crippen molar-refractivity contribution in [3.05, 3.63) is 101 Å². The molecule has 5 heteroatoms. The van der Waals surface area contributed by atoms with Gasteiger partial charge in [-0.15, -0.1) is 0 Å². The Hall–Kier alpha value is -4.12. The van der Waals surface area contributed by atoms with Crippen LogP contribution in [-0.4, -0.2) is 16.3 Å². The fourth-order valence-electron chi connectivity index (χ4n) is 4.30. The Morgan fingerprint density at radius 2 is 1.77 bits per heavy atom. The third-order valence-corrected chi connectivity index (χ3v) is 6.29. The summed E-state index contributed by atoms with van der Waals surface area (Å²) in [5.74, 6) is 0.307. The van der Waals surface area contributed by atoms with Crippen LogP contribution < -0.4 is 9.47 Å². The fourth-order valence-corrected chi connectivity index (χ4v) is 4.30. The smallest absolute Gasteiger partial charge is 0.343 e. The SMILES string of the molecule is CCn1cc(/C=C2/Oc3cc(OC(=O)c4ccc(C(C)(C)C)cc4)ccc3C2=O)c2ccccc21. The van der Waals surface area contributed by atoms with Crippen molar-refractivity contribution in [1.82, 2.24) is 4.57 Å². The van der Waals surface area contributed by atoms with Crippen molar-refractivity contribution in [2.75, 3.05) is 0 Å². The van der Waals surface area contributed by atoms with Gasteiger partial charge in [-0.25, -0.2) is 4.79 Å². The van der Waals surface area contributed by atoms with Crippen molar-refractivity contribution in [3.8, 4) is 11.5 Å². The van der Waals surface area contributed by atoms with E-state index in [2.05, 4.69) is 38.3 Å². The number of aryl methyl sites for hydroxylation is 1. The van der Waals surface area contributed by atoms with Crippen LogP contribution in [0.5, 0.6) is 11.5 Å². The maximum absolute atomic E-state index is 13.0. The van der Waals surface area contributed by atoms with Gasteiger partial charge in [0.2, 0.25) is 5.78 Å². The van der Waals surface area contributed by atoms with Crippen molar-refractivity contribution >= 4 is 28.7 Å². The highest BCUT2D eigenvalue weighted by Crippen LogP contribution is 2.36. The van der Waals surface area contributed by atoms with Gasteiger partial charge in [0.15, 0.2) is 5.76 Å². The Balaban J connectivity index is 1.37. The van der Waals surface area contributed by atoms with Gasteiger partial charge in [-0.2, -0.15) is 0 Å². The summed E-state index contributed by atoms with van der Waals surface area (Å²) in [5, 5.41) is 1.06. The molecule has 4 aromatic rings. The van der Waals surface area contributed by atoms with Gasteiger partial charge in [0, 0.05) is 35.3 Å². The van der Waals surface area contributed by atoms with Crippen molar-refractivity contribution in [1.29, 1.82) is 0 Å². The van der Waals surface area contributed by atoms with Crippen LogP contribution >= 0.6 is 0 Å². The van der Waals surface area contributed by atoms with Crippen LogP contribution in [0, 0.1) is 0 Å². The van der Waals surface area contributed by atoms with Crippen LogP contribution in [0.4, 0.5) is 0 Å². The molecule has 2 heterocycles. The average molecular weight is 466 g/mol. The molecular formula is C30H27NO4. The van der Waals surface area contributed by atoms with E-state index in [0.717, 1.165) is 28.6 Å². The zero-order valence-corrected chi connectivity index (χ0v) is 20.3. The molecule has 0 saturated carbocycles. The van der Waals surface area contributed by atoms with Gasteiger partial charge in [-0.1, -0.05) is 51.1 Å². The number of ketones is 1. The molecule has 176 valence electrons. The predicted molar refractivity (Wildman–Crippen MR) is 137 cm³/mol. The predicted octanol–water partition coefficient (Wildman–Crippen LogP) is 6.79. The van der Waals surface area contributed by atoms with Crippen molar-refractivity contribution < 1.29 is 19.1 Å². The second-order valence-corrected chi connectivity index (χ2v) is 9.70. The number of rotatable bonds is 4. The van der Waals surface area contributed by atoms with Crippen molar-refractivity contribution in [2.24, 2.45) is 0 Å². The number of esters is 1. The molecule has 0 unspecified atom stereocenters. The summed E-state index contributed by atoms with van der Waals surface area (Å²) in [6.07, 6.45) is 3.80. The summed E-state index contributed by atoms with van der Waals surface area (Å²) in [6, 6.07) is 20.3. The first-order chi connectivity index (χ1) is 16.7. The zero-order chi connectivity index (χ0) is 24.7. The number of ether oxygens (including phenoxy) is 2. The number of carbonyl (C=O) groups is 2. The van der Waals surface area contributed by atoms with Gasteiger partial charge in [-0.05, 0) is 54.3 Å². The summed E-state index contributed by atoms with van der Waals surface area (Å²) in [6.45, 7) is 9.27. The van der Waals surface area contributed by atoms with E-state index >= 15 is 0 Å². The molecule has 0 N–H and O–H groups in total. The summed E-state index contributed by atoms with van der Waals surface area (Å²) in [5.41, 5.74) is 4.08. The summed E-state index contributed by atoms with van der Waals surface area (Å²) >= 11 is 0. The summed E-state index contributed by atoms with van der Waals surface area (Å²) in [7, 11) is 0. The zero-order valence-electron chi connectivity index (χ0n) is 20.3. The van der Waals surface area contributed by atoms with E-state index in [-0.39, 0.29) is 17.0 Å². The number of aromatic nitrogens is 1. The third-order valence-electron chi connectivity index (χ3n) is 6.29. The number of fused-ring (bicyclic) bond motifs is 2. The number of nitrogens with zero attached hydrogens (tertiary/aromatic N) is 1. The Labute approximate surface area is 204 Å². The Bertz CT molecular complexity index is 1480. The maximum Gasteiger partial charge on any atom is 0.343 e. The van der Waals surface area contributed by atoms with Gasteiger partial charge in [0.05, 0.1) is 11.1 Å². The molecule has 35 heavy (non-hydrogen) atoms. The number of benzene rings is 3. The molecule has 5 nitrogen and oxygen atoms in total. The minimum Gasteiger partial charge on any atom is -0.452 e. The normalized spacial score (nSPS) is 14.3. The van der Waals surface area contributed by atoms with Crippen LogP contribution in [0.1, 0.15) is 59.5 Å². The number of carbonyl (C=O) groups excluding carboxylic acids is 2. The molecule has 1 aliphatic rings. The second kappa shape index (κ2) is 8.58. The highest BCUT2D eigenvalue weighted by atomic mass is 16.5. The molecule has 0 saturated heterocycles. The molecule has 1 aliphatic heterocycles. The lowest BCUT2D eigenvalue weighted by Gasteiger charge is -2.18. The van der Waals surface area contributed by atoms with Crippen molar-refractivity contribution in [3.63, 3.8) is 0 Å². The molecule has 5 rings (SSSR count). The molecule has 0 bridgehead atoms. The lowest BCUT2D eigenvalue weighted by atomic mass is 9.87. The minimum atomic E-state index is -0.460. The summed E-state index contributed by atoms with van der Waals surface area (Å²) in [4.78, 5) is 25.6. The Morgan fingerprint density at radius 1 is 1.03 bits per heavy atom. The van der Waals surface area contributed by atoms with Crippen LogP contribution in [0.15, 0.2) is 78.7 Å². The van der Waals surface area contributed by atoms with Gasteiger partial charge >= 0.3 is 5.97 Å². The monoisotopic (exact) mass is 465 g/mol. The first-order valence-corrected chi connectivity index (χ1v) is 11.7. The van der Waals surface area contributed by atoms with Gasteiger partial charge in [0.1, 0.15) is 11.5 Å². The number of Topliss-reactive ketones (excluding diaryl/α,β-unsaturated/α-hetero) is 1. The number of hydrogen-bond acceptors (Lipinski definition) is 4. The second-order valence-electron chi connectivity index (χ2n) is 9.70. The van der Waals surface area contributed by atoms with E-state index in [1.807, 2.05) is 36.5 Å². The van der Waals surface area contributed by atoms with E-state index < -0.39 is 5.97 Å². The molecule has 0 atom stereocenters. The van der Waals surface area contributed by atoms with E-state index in [4.69, 9.17) is 9.47 Å². The molecule has 0 amide bonds. The topological polar surface area (TPSA) is 57.5 Å². The number of hydrogen-bond donors (Lipinski definition) is 0. The average Bonchev–Trinajstić information content (AvgIpc) is 3.35. The minimum absolute atomic E-state index is 0.00294. The quantitative estimate of drug-likeness (QED) is 0.189. The van der Waals surface area contributed by atoms with E-state index in [1.54, 1.807) is 36.4 Å². The molecule has 1 aromatic heterocycles. The maximum atomic E-state index is 13.0. The largest absolute Gasteiger partial charge is 0.452 e. The Kier molecular flexibility index (Phi) is 5.56. The molecule has 3 aromatic carbocycles. The highest BCUT2D eigenvalue weighted by Gasteiger charge is 2.28. The van der Waals surface area contributed by atoms with Gasteiger partial charge in [-0.3, -0.25) is 4.79 Å². The lowest BCUT2D eigenvalue weighted by Crippen LogP contribution is -2.12. The first kappa shape index (κ1) is 22.7. The summed E-state index contributed by atoms with van der Waals surface area (Å²) < 4.78 is 13.6. The Morgan fingerprint density at radius 3 is 2.49 bits per heavy atom.